The predicted octanol–water partition coefficient (Wildman–Crippen LogP) is 6.80. The second-order valence-corrected chi connectivity index (χ2v) is 12.9. The van der Waals surface area contributed by atoms with E-state index in [0.29, 0.717) is 40.3 Å². The van der Waals surface area contributed by atoms with E-state index in [-0.39, 0.29) is 11.3 Å². The van der Waals surface area contributed by atoms with Gasteiger partial charge in [-0.05, 0) is 54.2 Å². The summed E-state index contributed by atoms with van der Waals surface area (Å²) in [4.78, 5) is 24.6. The molecule has 0 bridgehead atoms. The number of anilines is 1. The zero-order chi connectivity index (χ0) is 27.5. The van der Waals surface area contributed by atoms with Crippen LogP contribution in [0.2, 0.25) is 0 Å². The van der Waals surface area contributed by atoms with Crippen molar-refractivity contribution < 1.29 is 13.2 Å². The van der Waals surface area contributed by atoms with E-state index in [2.05, 4.69) is 42.6 Å². The first-order chi connectivity index (χ1) is 18.0. The van der Waals surface area contributed by atoms with Gasteiger partial charge in [-0.25, -0.2) is 18.4 Å². The van der Waals surface area contributed by atoms with Crippen LogP contribution in [-0.4, -0.2) is 34.5 Å². The van der Waals surface area contributed by atoms with Crippen molar-refractivity contribution in [2.24, 2.45) is 5.41 Å². The highest BCUT2D eigenvalue weighted by Crippen LogP contribution is 2.34. The van der Waals surface area contributed by atoms with E-state index in [1.165, 1.54) is 6.08 Å². The Hall–Kier alpha value is -3.78. The van der Waals surface area contributed by atoms with Gasteiger partial charge in [0.2, 0.25) is 5.91 Å². The number of aromatic nitrogens is 3. The van der Waals surface area contributed by atoms with Gasteiger partial charge in [0.15, 0.2) is 15.5 Å². The van der Waals surface area contributed by atoms with Crippen LogP contribution in [-0.2, 0) is 14.6 Å². The summed E-state index contributed by atoms with van der Waals surface area (Å²) in [6.45, 7) is 11.7. The Kier molecular flexibility index (Phi) is 7.83. The fourth-order valence-electron chi connectivity index (χ4n) is 4.61. The van der Waals surface area contributed by atoms with Crippen molar-refractivity contribution in [3.05, 3.63) is 73.6 Å². The van der Waals surface area contributed by atoms with Gasteiger partial charge >= 0.3 is 0 Å². The zero-order valence-electron chi connectivity index (χ0n) is 22.3. The molecule has 2 N–H and O–H groups in total. The molecule has 198 valence electrons. The Balaban J connectivity index is 1.73. The molecule has 1 unspecified atom stereocenters. The molecule has 0 aliphatic carbocycles. The first-order valence-electron chi connectivity index (χ1n) is 12.7. The summed E-state index contributed by atoms with van der Waals surface area (Å²) >= 11 is 0. The largest absolute Gasteiger partial charge is 0.344 e. The topological polar surface area (TPSA) is 105 Å². The standard InChI is InChI=1S/C30H34N4O3S/c1-6-10-24(17-30(3,4)5)38(36,37)23-14-9-11-20(16-23)25-18-31-29-28(25)34-26(19-32-29)21-12-8-13-22(15-21)33-27(35)7-2/h7-9,11-16,18-19,24H,2,6,10,17H2,1,3-5H3,(H,31,32)(H,33,35). The molecular formula is C30H34N4O3S. The lowest BCUT2D eigenvalue weighted by Gasteiger charge is -2.26. The Bertz CT molecular complexity index is 1580. The monoisotopic (exact) mass is 530 g/mol. The molecule has 4 rings (SSSR count). The summed E-state index contributed by atoms with van der Waals surface area (Å²) < 4.78 is 27.4. The molecule has 0 saturated carbocycles. The lowest BCUT2D eigenvalue weighted by atomic mass is 9.89. The Morgan fingerprint density at radius 3 is 2.58 bits per heavy atom. The molecule has 2 aromatic heterocycles. The fourth-order valence-corrected chi connectivity index (χ4v) is 6.81. The minimum Gasteiger partial charge on any atom is -0.344 e. The third-order valence-corrected chi connectivity index (χ3v) is 8.55. The van der Waals surface area contributed by atoms with Gasteiger partial charge in [-0.1, -0.05) is 65.0 Å². The summed E-state index contributed by atoms with van der Waals surface area (Å²) in [5.74, 6) is -0.296. The van der Waals surface area contributed by atoms with Crippen molar-refractivity contribution in [3.63, 3.8) is 0 Å². The third kappa shape index (κ3) is 6.02. The number of hydrogen-bond acceptors (Lipinski definition) is 5. The van der Waals surface area contributed by atoms with Crippen molar-refractivity contribution in [1.29, 1.82) is 0 Å². The molecule has 8 heteroatoms. The summed E-state index contributed by atoms with van der Waals surface area (Å²) in [5, 5.41) is 2.32. The van der Waals surface area contributed by atoms with Gasteiger partial charge in [-0.15, -0.1) is 0 Å². The number of rotatable bonds is 9. The summed E-state index contributed by atoms with van der Waals surface area (Å²) in [6.07, 6.45) is 6.71. The van der Waals surface area contributed by atoms with E-state index in [0.717, 1.165) is 23.1 Å². The number of nitrogens with one attached hydrogen (secondary N) is 2. The second-order valence-electron chi connectivity index (χ2n) is 10.7. The average molecular weight is 531 g/mol. The highest BCUT2D eigenvalue weighted by atomic mass is 32.2. The van der Waals surface area contributed by atoms with E-state index in [9.17, 15) is 13.2 Å². The Morgan fingerprint density at radius 2 is 1.87 bits per heavy atom. The number of fused-ring (bicyclic) bond motifs is 1. The molecule has 7 nitrogen and oxygen atoms in total. The van der Waals surface area contributed by atoms with Crippen LogP contribution < -0.4 is 5.32 Å². The normalized spacial score (nSPS) is 12.8. The van der Waals surface area contributed by atoms with Crippen molar-refractivity contribution in [3.8, 4) is 22.4 Å². The molecular weight excluding hydrogens is 496 g/mol. The molecule has 0 spiro atoms. The quantitative estimate of drug-likeness (QED) is 0.232. The number of nitrogens with zero attached hydrogens (tertiary/aromatic N) is 2. The minimum absolute atomic E-state index is 0.0981. The lowest BCUT2D eigenvalue weighted by molar-refractivity contribution is -0.111. The smallest absolute Gasteiger partial charge is 0.247 e. The van der Waals surface area contributed by atoms with Crippen LogP contribution >= 0.6 is 0 Å². The van der Waals surface area contributed by atoms with Gasteiger partial charge in [0.05, 0.1) is 22.0 Å². The molecule has 2 aromatic carbocycles. The number of carbonyl (C=O) groups is 1. The maximum absolute atomic E-state index is 13.7. The van der Waals surface area contributed by atoms with E-state index in [1.807, 2.05) is 31.2 Å². The SMILES string of the molecule is C=CC(=O)Nc1cccc(-c2cnc3[nH]cc(-c4cccc(S(=O)(=O)C(CCC)CC(C)(C)C)c4)c3n2)c1. The molecule has 2 heterocycles. The predicted molar refractivity (Wildman–Crippen MR) is 154 cm³/mol. The van der Waals surface area contributed by atoms with Gasteiger partial charge < -0.3 is 10.3 Å². The molecule has 0 aliphatic rings. The molecule has 0 fully saturated rings. The lowest BCUT2D eigenvalue weighted by Crippen LogP contribution is -2.27. The van der Waals surface area contributed by atoms with Crippen molar-refractivity contribution in [2.45, 2.75) is 57.1 Å². The second kappa shape index (κ2) is 10.9. The number of amides is 1. The number of H-pyrrole nitrogens is 1. The molecule has 38 heavy (non-hydrogen) atoms. The minimum atomic E-state index is -3.52. The molecule has 0 saturated heterocycles. The maximum atomic E-state index is 13.7. The van der Waals surface area contributed by atoms with Gasteiger partial charge in [0.25, 0.3) is 0 Å². The summed E-state index contributed by atoms with van der Waals surface area (Å²) in [5.41, 5.74) is 4.70. The first kappa shape index (κ1) is 27.3. The Morgan fingerprint density at radius 1 is 1.13 bits per heavy atom. The van der Waals surface area contributed by atoms with Crippen LogP contribution in [0.5, 0.6) is 0 Å². The maximum Gasteiger partial charge on any atom is 0.247 e. The highest BCUT2D eigenvalue weighted by molar-refractivity contribution is 7.92. The first-order valence-corrected chi connectivity index (χ1v) is 14.3. The van der Waals surface area contributed by atoms with Gasteiger partial charge in [-0.2, -0.15) is 0 Å². The van der Waals surface area contributed by atoms with Crippen molar-refractivity contribution in [1.82, 2.24) is 15.0 Å². The van der Waals surface area contributed by atoms with Gasteiger partial charge in [0, 0.05) is 23.0 Å². The Labute approximate surface area is 224 Å². The summed E-state index contributed by atoms with van der Waals surface area (Å²) in [7, 11) is -3.52. The van der Waals surface area contributed by atoms with Gasteiger partial charge in [0.1, 0.15) is 5.52 Å². The van der Waals surface area contributed by atoms with E-state index in [4.69, 9.17) is 4.98 Å². The van der Waals surface area contributed by atoms with E-state index < -0.39 is 15.1 Å². The van der Waals surface area contributed by atoms with Crippen LogP contribution in [0.4, 0.5) is 5.69 Å². The van der Waals surface area contributed by atoms with Crippen LogP contribution in [0.25, 0.3) is 33.5 Å². The number of benzene rings is 2. The number of carbonyl (C=O) groups excluding carboxylic acids is 1. The molecule has 0 radical (unpaired) electrons. The number of aromatic amines is 1. The van der Waals surface area contributed by atoms with E-state index in [1.54, 1.807) is 36.7 Å². The average Bonchev–Trinajstić information content (AvgIpc) is 3.31. The van der Waals surface area contributed by atoms with Crippen LogP contribution in [0.15, 0.2) is 78.5 Å². The molecule has 0 aliphatic heterocycles. The zero-order valence-corrected chi connectivity index (χ0v) is 23.1. The number of sulfone groups is 1. The molecule has 1 amide bonds. The third-order valence-electron chi connectivity index (χ3n) is 6.36. The molecule has 1 atom stereocenters. The number of hydrogen-bond donors (Lipinski definition) is 2. The van der Waals surface area contributed by atoms with Crippen LogP contribution in [0.3, 0.4) is 0 Å². The van der Waals surface area contributed by atoms with Crippen LogP contribution in [0, 0.1) is 5.41 Å². The van der Waals surface area contributed by atoms with E-state index >= 15 is 0 Å². The van der Waals surface area contributed by atoms with Crippen molar-refractivity contribution >= 4 is 32.6 Å². The highest BCUT2D eigenvalue weighted by Gasteiger charge is 2.31. The van der Waals surface area contributed by atoms with Crippen molar-refractivity contribution in [2.75, 3.05) is 5.32 Å². The molecule has 4 aromatic rings. The van der Waals surface area contributed by atoms with Gasteiger partial charge in [-0.3, -0.25) is 4.79 Å². The van der Waals surface area contributed by atoms with Crippen LogP contribution in [0.1, 0.15) is 47.0 Å². The summed E-state index contributed by atoms with van der Waals surface area (Å²) in [6, 6.07) is 14.4. The fraction of sp³-hybridized carbons (Fsp3) is 0.300.